The highest BCUT2D eigenvalue weighted by molar-refractivity contribution is 5.99. The summed E-state index contributed by atoms with van der Waals surface area (Å²) in [6.07, 6.45) is 1.04. The van der Waals surface area contributed by atoms with E-state index in [1.54, 1.807) is 43.1 Å². The quantitative estimate of drug-likeness (QED) is 0.427. The summed E-state index contributed by atoms with van der Waals surface area (Å²) in [5.41, 5.74) is 4.03. The number of amides is 1. The number of aromatic nitrogens is 1. The van der Waals surface area contributed by atoms with Gasteiger partial charge in [0.1, 0.15) is 5.75 Å². The van der Waals surface area contributed by atoms with Crippen LogP contribution in [0.25, 0.3) is 11.1 Å². The molecule has 1 N–H and O–H groups in total. The van der Waals surface area contributed by atoms with E-state index < -0.39 is 5.95 Å². The minimum Gasteiger partial charge on any atom is -0.507 e. The number of Topliss-reactive ketones (excluding diaryl/α,β-unsaturated/α-hetero) is 1. The number of phenols is 1. The van der Waals surface area contributed by atoms with Gasteiger partial charge in [-0.3, -0.25) is 9.59 Å². The largest absolute Gasteiger partial charge is 0.507 e. The van der Waals surface area contributed by atoms with Crippen molar-refractivity contribution in [2.45, 2.75) is 33.1 Å². The molecule has 1 aromatic heterocycles. The summed E-state index contributed by atoms with van der Waals surface area (Å²) in [4.78, 5) is 29.8. The van der Waals surface area contributed by atoms with Crippen LogP contribution in [-0.2, 0) is 11.2 Å². The fourth-order valence-corrected chi connectivity index (χ4v) is 3.41. The fourth-order valence-electron chi connectivity index (χ4n) is 3.41. The van der Waals surface area contributed by atoms with Crippen LogP contribution in [0.5, 0.6) is 5.75 Å². The number of aryl methyl sites for hydroxylation is 2. The first-order valence-corrected chi connectivity index (χ1v) is 10.2. The second-order valence-corrected chi connectivity index (χ2v) is 7.39. The summed E-state index contributed by atoms with van der Waals surface area (Å²) >= 11 is 0. The molecule has 31 heavy (non-hydrogen) atoms. The maximum Gasteiger partial charge on any atom is 0.226 e. The molecule has 0 spiro atoms. The van der Waals surface area contributed by atoms with Crippen LogP contribution in [0, 0.1) is 12.9 Å². The van der Waals surface area contributed by atoms with Gasteiger partial charge in [0.2, 0.25) is 11.9 Å². The zero-order valence-electron chi connectivity index (χ0n) is 17.9. The second kappa shape index (κ2) is 9.51. The molecule has 1 amide bonds. The number of anilines is 1. The first-order chi connectivity index (χ1) is 14.8. The van der Waals surface area contributed by atoms with E-state index in [-0.39, 0.29) is 29.4 Å². The monoisotopic (exact) mass is 420 g/mol. The smallest absolute Gasteiger partial charge is 0.226 e. The molecule has 0 radical (unpaired) electrons. The van der Waals surface area contributed by atoms with Crippen molar-refractivity contribution in [3.63, 3.8) is 0 Å². The van der Waals surface area contributed by atoms with Gasteiger partial charge in [-0.15, -0.1) is 0 Å². The lowest BCUT2D eigenvalue weighted by atomic mass is 9.98. The van der Waals surface area contributed by atoms with Gasteiger partial charge in [0.15, 0.2) is 5.78 Å². The van der Waals surface area contributed by atoms with Crippen molar-refractivity contribution >= 4 is 17.4 Å². The molecule has 0 saturated heterocycles. The van der Waals surface area contributed by atoms with Crippen molar-refractivity contribution in [1.82, 2.24) is 4.98 Å². The molecular formula is C25H25FN2O3. The topological polar surface area (TPSA) is 70.5 Å². The Hall–Kier alpha value is -3.54. The van der Waals surface area contributed by atoms with Crippen molar-refractivity contribution in [2.75, 3.05) is 11.9 Å². The third-order valence-electron chi connectivity index (χ3n) is 5.35. The Bertz CT molecular complexity index is 1110. The summed E-state index contributed by atoms with van der Waals surface area (Å²) in [7, 11) is 1.73. The summed E-state index contributed by atoms with van der Waals surface area (Å²) in [5.74, 6) is -0.793. The van der Waals surface area contributed by atoms with Crippen molar-refractivity contribution in [3.05, 3.63) is 77.4 Å². The van der Waals surface area contributed by atoms with Gasteiger partial charge in [0.25, 0.3) is 0 Å². The van der Waals surface area contributed by atoms with E-state index >= 15 is 0 Å². The van der Waals surface area contributed by atoms with Gasteiger partial charge in [-0.2, -0.15) is 4.39 Å². The van der Waals surface area contributed by atoms with E-state index in [1.807, 2.05) is 31.2 Å². The van der Waals surface area contributed by atoms with Gasteiger partial charge in [-0.05, 0) is 60.4 Å². The minimum atomic E-state index is -0.544. The Morgan fingerprint density at radius 1 is 1.03 bits per heavy atom. The van der Waals surface area contributed by atoms with Gasteiger partial charge in [0.05, 0.1) is 5.56 Å². The molecule has 1 heterocycles. The maximum atomic E-state index is 13.1. The Kier molecular flexibility index (Phi) is 6.80. The second-order valence-electron chi connectivity index (χ2n) is 7.39. The highest BCUT2D eigenvalue weighted by Gasteiger charge is 2.14. The molecule has 0 saturated carbocycles. The molecule has 0 aliphatic heterocycles. The Morgan fingerprint density at radius 2 is 1.71 bits per heavy atom. The Balaban J connectivity index is 1.72. The van der Waals surface area contributed by atoms with E-state index in [1.165, 1.54) is 6.07 Å². The number of carbonyl (C=O) groups is 2. The number of phenolic OH excluding ortho intramolecular Hbond substituents is 1. The third-order valence-corrected chi connectivity index (χ3v) is 5.35. The number of rotatable bonds is 7. The van der Waals surface area contributed by atoms with Crippen LogP contribution in [0.4, 0.5) is 10.1 Å². The van der Waals surface area contributed by atoms with E-state index in [2.05, 4.69) is 4.98 Å². The van der Waals surface area contributed by atoms with Crippen molar-refractivity contribution in [3.8, 4) is 16.9 Å². The number of nitrogens with zero attached hydrogens (tertiary/aromatic N) is 2. The number of hydrogen-bond donors (Lipinski definition) is 1. The number of pyridine rings is 1. The summed E-state index contributed by atoms with van der Waals surface area (Å²) < 4.78 is 13.1. The van der Waals surface area contributed by atoms with Gasteiger partial charge >= 0.3 is 0 Å². The summed E-state index contributed by atoms with van der Waals surface area (Å²) in [6.45, 7) is 3.52. The van der Waals surface area contributed by atoms with Crippen LogP contribution < -0.4 is 4.90 Å². The van der Waals surface area contributed by atoms with Crippen molar-refractivity contribution in [2.24, 2.45) is 0 Å². The SMILES string of the molecule is CCC(=O)N(C)c1ccc(-c2ccc(C(=O)CCc3ccc(F)nc3C)c(O)c2)cc1. The molecule has 6 heteroatoms. The highest BCUT2D eigenvalue weighted by atomic mass is 19.1. The fraction of sp³-hybridized carbons (Fsp3) is 0.240. The molecular weight excluding hydrogens is 395 g/mol. The van der Waals surface area contributed by atoms with Crippen LogP contribution in [0.15, 0.2) is 54.6 Å². The van der Waals surface area contributed by atoms with Crippen LogP contribution in [0.3, 0.4) is 0 Å². The van der Waals surface area contributed by atoms with E-state index in [0.717, 1.165) is 22.4 Å². The van der Waals surface area contributed by atoms with Crippen LogP contribution >= 0.6 is 0 Å². The molecule has 0 aliphatic carbocycles. The molecule has 160 valence electrons. The zero-order valence-corrected chi connectivity index (χ0v) is 17.9. The van der Waals surface area contributed by atoms with E-state index in [4.69, 9.17) is 0 Å². The Morgan fingerprint density at radius 3 is 2.32 bits per heavy atom. The standard InChI is InChI=1S/C25H25FN2O3/c1-4-25(31)28(3)20-10-5-18(6-11-20)19-7-12-21(23(30)15-19)22(29)13-8-17-9-14-24(26)27-16(17)2/h5-7,9-12,14-15,30H,4,8,13H2,1-3H3. The maximum absolute atomic E-state index is 13.1. The van der Waals surface area contributed by atoms with Crippen molar-refractivity contribution < 1.29 is 19.1 Å². The average Bonchev–Trinajstić information content (AvgIpc) is 2.77. The average molecular weight is 420 g/mol. The Labute approximate surface area is 181 Å². The lowest BCUT2D eigenvalue weighted by Gasteiger charge is -2.17. The van der Waals surface area contributed by atoms with Gasteiger partial charge in [0, 0.05) is 31.3 Å². The highest BCUT2D eigenvalue weighted by Crippen LogP contribution is 2.29. The molecule has 3 rings (SSSR count). The first-order valence-electron chi connectivity index (χ1n) is 10.2. The number of ketones is 1. The molecule has 3 aromatic rings. The lowest BCUT2D eigenvalue weighted by Crippen LogP contribution is -2.24. The van der Waals surface area contributed by atoms with Crippen LogP contribution in [-0.4, -0.2) is 28.8 Å². The number of carbonyl (C=O) groups excluding carboxylic acids is 2. The molecule has 0 fully saturated rings. The van der Waals surface area contributed by atoms with Crippen molar-refractivity contribution in [1.29, 1.82) is 0 Å². The molecule has 0 unspecified atom stereocenters. The van der Waals surface area contributed by atoms with Crippen LogP contribution in [0.2, 0.25) is 0 Å². The molecule has 5 nitrogen and oxygen atoms in total. The first kappa shape index (κ1) is 22.2. The molecule has 0 aliphatic rings. The summed E-state index contributed by atoms with van der Waals surface area (Å²) in [5, 5.41) is 10.4. The van der Waals surface area contributed by atoms with Gasteiger partial charge in [-0.1, -0.05) is 31.2 Å². The molecule has 2 aromatic carbocycles. The molecule has 0 atom stereocenters. The zero-order chi connectivity index (χ0) is 22.5. The number of halogens is 1. The number of benzene rings is 2. The predicted molar refractivity (Wildman–Crippen MR) is 119 cm³/mol. The van der Waals surface area contributed by atoms with Gasteiger partial charge in [-0.25, -0.2) is 4.98 Å². The normalized spacial score (nSPS) is 10.7. The summed E-state index contributed by atoms with van der Waals surface area (Å²) in [6, 6.07) is 15.3. The molecule has 0 bridgehead atoms. The number of aromatic hydroxyl groups is 1. The van der Waals surface area contributed by atoms with Crippen LogP contribution in [0.1, 0.15) is 41.4 Å². The van der Waals surface area contributed by atoms with Gasteiger partial charge < -0.3 is 10.0 Å². The lowest BCUT2D eigenvalue weighted by molar-refractivity contribution is -0.118. The minimum absolute atomic E-state index is 0.0277. The number of hydrogen-bond acceptors (Lipinski definition) is 4. The van der Waals surface area contributed by atoms with E-state index in [9.17, 15) is 19.1 Å². The third kappa shape index (κ3) is 5.15. The van der Waals surface area contributed by atoms with E-state index in [0.29, 0.717) is 18.5 Å². The predicted octanol–water partition coefficient (Wildman–Crippen LogP) is 5.09.